The first-order chi connectivity index (χ1) is 14.4. The molecule has 0 radical (unpaired) electrons. The third-order valence-corrected chi connectivity index (χ3v) is 6.68. The molecular weight excluding hydrogens is 410 g/mol. The number of aliphatic hydroxyl groups excluding tert-OH is 1. The number of benzene rings is 2. The maximum atomic E-state index is 13.2. The summed E-state index contributed by atoms with van der Waals surface area (Å²) < 4.78 is 27.7. The van der Waals surface area contributed by atoms with Gasteiger partial charge in [0.1, 0.15) is 4.90 Å². The molecule has 1 aliphatic rings. The molecule has 30 heavy (non-hydrogen) atoms. The fourth-order valence-electron chi connectivity index (χ4n) is 3.12. The number of non-ortho nitro benzene ring substituents is 1. The van der Waals surface area contributed by atoms with Gasteiger partial charge in [0.2, 0.25) is 10.0 Å². The van der Waals surface area contributed by atoms with Crippen LogP contribution in [0.4, 0.5) is 11.4 Å². The van der Waals surface area contributed by atoms with Gasteiger partial charge in [0.15, 0.2) is 0 Å². The second-order valence-corrected chi connectivity index (χ2v) is 8.59. The smallest absolute Gasteiger partial charge is 0.270 e. The standard InChI is InChI=1S/C19H23N5O5S/c25-13-12-22-8-10-23(11-9-22)30(28,29)19-14-17(24(26)27)6-7-18(19)21-20-15-16-4-2-1-3-5-16/h1-7,14-15,21,25H,8-13H2/b20-15-. The van der Waals surface area contributed by atoms with Crippen molar-refractivity contribution in [2.24, 2.45) is 5.10 Å². The number of nitro benzene ring substituents is 1. The van der Waals surface area contributed by atoms with Crippen LogP contribution < -0.4 is 5.43 Å². The van der Waals surface area contributed by atoms with Crippen LogP contribution in [0.25, 0.3) is 0 Å². The van der Waals surface area contributed by atoms with Crippen molar-refractivity contribution in [3.05, 3.63) is 64.2 Å². The van der Waals surface area contributed by atoms with Gasteiger partial charge in [-0.05, 0) is 11.6 Å². The van der Waals surface area contributed by atoms with E-state index in [1.807, 2.05) is 35.2 Å². The molecule has 0 spiro atoms. The summed E-state index contributed by atoms with van der Waals surface area (Å²) in [5.41, 5.74) is 3.36. The number of anilines is 1. The van der Waals surface area contributed by atoms with Gasteiger partial charge in [0.05, 0.1) is 23.4 Å². The van der Waals surface area contributed by atoms with E-state index in [4.69, 9.17) is 5.11 Å². The fraction of sp³-hybridized carbons (Fsp3) is 0.316. The Morgan fingerprint density at radius 1 is 1.13 bits per heavy atom. The Bertz CT molecular complexity index is 1010. The van der Waals surface area contributed by atoms with Crippen molar-refractivity contribution in [1.82, 2.24) is 9.21 Å². The Kier molecular flexibility index (Phi) is 7.11. The molecule has 0 bridgehead atoms. The van der Waals surface area contributed by atoms with Crippen molar-refractivity contribution < 1.29 is 18.4 Å². The molecule has 10 nitrogen and oxygen atoms in total. The number of nitro groups is 1. The van der Waals surface area contributed by atoms with Crippen LogP contribution in [0.2, 0.25) is 0 Å². The molecule has 11 heteroatoms. The van der Waals surface area contributed by atoms with Gasteiger partial charge in [-0.15, -0.1) is 0 Å². The molecule has 1 aliphatic heterocycles. The Hall–Kier alpha value is -2.86. The zero-order valence-electron chi connectivity index (χ0n) is 16.2. The van der Waals surface area contributed by atoms with E-state index in [1.54, 1.807) is 0 Å². The van der Waals surface area contributed by atoms with Crippen molar-refractivity contribution >= 4 is 27.6 Å². The number of piperazine rings is 1. The van der Waals surface area contributed by atoms with Gasteiger partial charge in [0, 0.05) is 44.9 Å². The minimum absolute atomic E-state index is 0.00508. The lowest BCUT2D eigenvalue weighted by Gasteiger charge is -2.33. The predicted octanol–water partition coefficient (Wildman–Crippen LogP) is 1.34. The molecule has 1 fully saturated rings. The predicted molar refractivity (Wildman–Crippen MR) is 113 cm³/mol. The van der Waals surface area contributed by atoms with Gasteiger partial charge >= 0.3 is 0 Å². The molecule has 3 rings (SSSR count). The third kappa shape index (κ3) is 5.19. The van der Waals surface area contributed by atoms with E-state index in [0.29, 0.717) is 19.6 Å². The number of nitrogens with zero attached hydrogens (tertiary/aromatic N) is 4. The van der Waals surface area contributed by atoms with E-state index in [0.717, 1.165) is 11.6 Å². The molecule has 2 N–H and O–H groups in total. The molecule has 1 heterocycles. The highest BCUT2D eigenvalue weighted by atomic mass is 32.2. The van der Waals surface area contributed by atoms with Gasteiger partial charge in [-0.1, -0.05) is 30.3 Å². The lowest BCUT2D eigenvalue weighted by Crippen LogP contribution is -2.49. The van der Waals surface area contributed by atoms with Gasteiger partial charge in [0.25, 0.3) is 5.69 Å². The van der Waals surface area contributed by atoms with E-state index >= 15 is 0 Å². The number of hydrazone groups is 1. The molecule has 0 unspecified atom stereocenters. The Balaban J connectivity index is 1.86. The molecule has 160 valence electrons. The molecule has 0 saturated carbocycles. The fourth-order valence-corrected chi connectivity index (χ4v) is 4.70. The summed E-state index contributed by atoms with van der Waals surface area (Å²) in [5, 5.41) is 24.3. The van der Waals surface area contributed by atoms with Crippen LogP contribution in [-0.2, 0) is 10.0 Å². The summed E-state index contributed by atoms with van der Waals surface area (Å²) in [5.74, 6) is 0. The first-order valence-corrected chi connectivity index (χ1v) is 10.8. The minimum atomic E-state index is -3.98. The van der Waals surface area contributed by atoms with Crippen molar-refractivity contribution in [1.29, 1.82) is 0 Å². The maximum Gasteiger partial charge on any atom is 0.270 e. The molecule has 0 amide bonds. The van der Waals surface area contributed by atoms with Crippen molar-refractivity contribution in [2.45, 2.75) is 4.90 Å². The third-order valence-electron chi connectivity index (χ3n) is 4.74. The topological polar surface area (TPSA) is 128 Å². The lowest BCUT2D eigenvalue weighted by atomic mass is 10.2. The summed E-state index contributed by atoms with van der Waals surface area (Å²) >= 11 is 0. The van der Waals surface area contributed by atoms with Crippen LogP contribution in [0.15, 0.2) is 58.5 Å². The zero-order valence-corrected chi connectivity index (χ0v) is 17.0. The average molecular weight is 433 g/mol. The number of nitrogens with one attached hydrogen (secondary N) is 1. The first kappa shape index (κ1) is 21.8. The summed E-state index contributed by atoms with van der Waals surface area (Å²) in [4.78, 5) is 12.3. The number of hydrogen-bond acceptors (Lipinski definition) is 8. The summed E-state index contributed by atoms with van der Waals surface area (Å²) in [6.45, 7) is 1.90. The molecule has 2 aromatic carbocycles. The van der Waals surface area contributed by atoms with E-state index in [1.165, 1.54) is 22.7 Å². The highest BCUT2D eigenvalue weighted by Gasteiger charge is 2.31. The summed E-state index contributed by atoms with van der Waals surface area (Å²) in [6, 6.07) is 12.9. The van der Waals surface area contributed by atoms with Gasteiger partial charge in [-0.25, -0.2) is 8.42 Å². The molecule has 2 aromatic rings. The van der Waals surface area contributed by atoms with Gasteiger partial charge in [-0.3, -0.25) is 20.4 Å². The minimum Gasteiger partial charge on any atom is -0.395 e. The number of sulfonamides is 1. The van der Waals surface area contributed by atoms with Gasteiger partial charge in [-0.2, -0.15) is 9.41 Å². The maximum absolute atomic E-state index is 13.2. The van der Waals surface area contributed by atoms with Crippen LogP contribution in [0.3, 0.4) is 0 Å². The number of aliphatic hydroxyl groups is 1. The highest BCUT2D eigenvalue weighted by Crippen LogP contribution is 2.29. The summed E-state index contributed by atoms with van der Waals surface area (Å²) in [7, 11) is -3.98. The lowest BCUT2D eigenvalue weighted by molar-refractivity contribution is -0.385. The van der Waals surface area contributed by atoms with Crippen molar-refractivity contribution in [3.8, 4) is 0 Å². The molecular formula is C19H23N5O5S. The normalized spacial score (nSPS) is 16.0. The second kappa shape index (κ2) is 9.76. The largest absolute Gasteiger partial charge is 0.395 e. The van der Waals surface area contributed by atoms with Crippen LogP contribution in [0, 0.1) is 10.1 Å². The average Bonchev–Trinajstić information content (AvgIpc) is 2.75. The molecule has 0 atom stereocenters. The van der Waals surface area contributed by atoms with Crippen LogP contribution in [0.5, 0.6) is 0 Å². The monoisotopic (exact) mass is 433 g/mol. The number of rotatable bonds is 8. The summed E-state index contributed by atoms with van der Waals surface area (Å²) in [6.07, 6.45) is 1.53. The second-order valence-electron chi connectivity index (χ2n) is 6.69. The van der Waals surface area contributed by atoms with E-state index < -0.39 is 14.9 Å². The van der Waals surface area contributed by atoms with Crippen LogP contribution in [0.1, 0.15) is 5.56 Å². The SMILES string of the molecule is O=[N+]([O-])c1ccc(N/N=C\c2ccccc2)c(S(=O)(=O)N2CCN(CCO)CC2)c1. The number of β-amino-alcohol motifs (C(OH)–C–C–N with tert-alkyl or cyclic N) is 1. The van der Waals surface area contributed by atoms with Gasteiger partial charge < -0.3 is 5.11 Å². The van der Waals surface area contributed by atoms with Crippen LogP contribution in [-0.4, -0.2) is 73.2 Å². The Morgan fingerprint density at radius 2 is 1.83 bits per heavy atom. The van der Waals surface area contributed by atoms with E-state index in [9.17, 15) is 18.5 Å². The van der Waals surface area contributed by atoms with E-state index in [2.05, 4.69) is 10.5 Å². The zero-order chi connectivity index (χ0) is 21.6. The van der Waals surface area contributed by atoms with E-state index in [-0.39, 0.29) is 36.0 Å². The number of hydrogen-bond donors (Lipinski definition) is 2. The molecule has 1 saturated heterocycles. The molecule has 0 aromatic heterocycles. The van der Waals surface area contributed by atoms with Crippen LogP contribution >= 0.6 is 0 Å². The van der Waals surface area contributed by atoms with Crippen molar-refractivity contribution in [2.75, 3.05) is 44.8 Å². The first-order valence-electron chi connectivity index (χ1n) is 9.38. The quantitative estimate of drug-likeness (QED) is 0.365. The highest BCUT2D eigenvalue weighted by molar-refractivity contribution is 7.89. The Morgan fingerprint density at radius 3 is 2.47 bits per heavy atom. The molecule has 0 aliphatic carbocycles. The van der Waals surface area contributed by atoms with Crippen molar-refractivity contribution in [3.63, 3.8) is 0 Å². The Labute approximate surface area is 174 Å².